The van der Waals surface area contributed by atoms with Gasteiger partial charge in [-0.3, -0.25) is 4.68 Å². The molecule has 0 unspecified atom stereocenters. The van der Waals surface area contributed by atoms with Crippen LogP contribution in [0.2, 0.25) is 0 Å². The van der Waals surface area contributed by atoms with Gasteiger partial charge in [0.25, 0.3) is 0 Å². The summed E-state index contributed by atoms with van der Waals surface area (Å²) in [6.45, 7) is 2.56. The molecule has 3 aromatic heterocycles. The van der Waals surface area contributed by atoms with Gasteiger partial charge in [0.1, 0.15) is 17.1 Å². The first kappa shape index (κ1) is 20.5. The van der Waals surface area contributed by atoms with E-state index in [1.807, 2.05) is 20.8 Å². The van der Waals surface area contributed by atoms with Crippen molar-refractivity contribution in [1.29, 1.82) is 0 Å². The minimum atomic E-state index is -2.94. The summed E-state index contributed by atoms with van der Waals surface area (Å²) in [4.78, 5) is 23.9. The Bertz CT molecular complexity index is 1280. The third-order valence-electron chi connectivity index (χ3n) is 4.32. The van der Waals surface area contributed by atoms with Crippen molar-refractivity contribution in [3.8, 4) is 22.9 Å². The Morgan fingerprint density at radius 2 is 2.06 bits per heavy atom. The lowest BCUT2D eigenvalue weighted by atomic mass is 10.1. The van der Waals surface area contributed by atoms with Crippen molar-refractivity contribution in [3.05, 3.63) is 30.6 Å². The van der Waals surface area contributed by atoms with E-state index in [2.05, 4.69) is 30.1 Å². The van der Waals surface area contributed by atoms with E-state index in [1.54, 1.807) is 17.8 Å². The molecule has 31 heavy (non-hydrogen) atoms. The topological polar surface area (TPSA) is 107 Å². The van der Waals surface area contributed by atoms with Gasteiger partial charge < -0.3 is 19.8 Å². The highest BCUT2D eigenvalue weighted by atomic mass is 19.3. The van der Waals surface area contributed by atoms with Gasteiger partial charge in [-0.05, 0) is 39.0 Å². The number of H-pyrrole nitrogens is 1. The summed E-state index contributed by atoms with van der Waals surface area (Å²) in [5, 5.41) is 7.72. The maximum absolute atomic E-state index is 12.6. The van der Waals surface area contributed by atoms with Crippen LogP contribution in [-0.2, 0) is 7.05 Å². The fourth-order valence-electron chi connectivity index (χ4n) is 3.10. The van der Waals surface area contributed by atoms with Crippen LogP contribution >= 0.6 is 0 Å². The first-order chi connectivity index (χ1) is 14.6. The second-order valence-corrected chi connectivity index (χ2v) is 7.90. The van der Waals surface area contributed by atoms with Crippen LogP contribution in [0, 0.1) is 0 Å². The minimum Gasteiger partial charge on any atom is -0.435 e. The van der Waals surface area contributed by atoms with Gasteiger partial charge in [-0.25, -0.2) is 14.8 Å². The number of alkyl halides is 2. The predicted octanol–water partition coefficient (Wildman–Crippen LogP) is 4.00. The molecule has 11 heteroatoms. The van der Waals surface area contributed by atoms with Crippen molar-refractivity contribution in [2.24, 2.45) is 7.05 Å². The number of carbonyl (C=O) groups excluding carboxylic acids is 1. The molecule has 0 fully saturated rings. The second-order valence-electron chi connectivity index (χ2n) is 7.90. The normalized spacial score (nSPS) is 12.0. The van der Waals surface area contributed by atoms with Crippen molar-refractivity contribution in [1.82, 2.24) is 30.0 Å². The fraction of sp³-hybridized carbons (Fsp3) is 0.300. The number of benzene rings is 1. The molecule has 0 spiro atoms. The highest BCUT2D eigenvalue weighted by Gasteiger charge is 2.20. The van der Waals surface area contributed by atoms with Crippen LogP contribution in [0.5, 0.6) is 11.5 Å². The van der Waals surface area contributed by atoms with Crippen molar-refractivity contribution < 1.29 is 23.0 Å². The highest BCUT2D eigenvalue weighted by molar-refractivity contribution is 5.94. The molecule has 1 amide bonds. The lowest BCUT2D eigenvalue weighted by molar-refractivity contribution is -0.0497. The molecule has 1 aromatic carbocycles. The van der Waals surface area contributed by atoms with Gasteiger partial charge in [0.15, 0.2) is 16.9 Å². The van der Waals surface area contributed by atoms with E-state index < -0.39 is 18.2 Å². The molecule has 2 N–H and O–H groups in total. The summed E-state index contributed by atoms with van der Waals surface area (Å²) in [7, 11) is 1.73. The molecule has 0 aliphatic carbocycles. The maximum Gasteiger partial charge on any atom is 0.413 e. The number of nitrogens with zero attached hydrogens (tertiary/aromatic N) is 4. The summed E-state index contributed by atoms with van der Waals surface area (Å²) in [5.74, 6) is 0.211. The molecule has 4 aromatic rings. The standard InChI is InChI=1S/C20H20F2N6O3/c1-20(2,3)26-19(29)31-14-9-24-17-16(14)25-12(8-23-17)15-11-7-10(30-18(21)22)5-6-13(11)28(4)27-15/h5-9,18H,1-4H3,(H,23,24)(H,26,29). The van der Waals surface area contributed by atoms with Gasteiger partial charge in [-0.1, -0.05) is 0 Å². The third-order valence-corrected chi connectivity index (χ3v) is 4.32. The van der Waals surface area contributed by atoms with Gasteiger partial charge in [0.05, 0.1) is 11.7 Å². The van der Waals surface area contributed by atoms with E-state index in [9.17, 15) is 13.6 Å². The van der Waals surface area contributed by atoms with Crippen molar-refractivity contribution in [2.45, 2.75) is 32.9 Å². The van der Waals surface area contributed by atoms with E-state index in [4.69, 9.17) is 4.74 Å². The largest absolute Gasteiger partial charge is 0.435 e. The number of aromatic amines is 1. The average molecular weight is 430 g/mol. The first-order valence-electron chi connectivity index (χ1n) is 9.37. The number of amides is 1. The Balaban J connectivity index is 1.75. The lowest BCUT2D eigenvalue weighted by Gasteiger charge is -2.19. The monoisotopic (exact) mass is 430 g/mol. The van der Waals surface area contributed by atoms with Crippen LogP contribution in [0.4, 0.5) is 13.6 Å². The molecule has 0 radical (unpaired) electrons. The van der Waals surface area contributed by atoms with Crippen LogP contribution in [0.1, 0.15) is 20.8 Å². The SMILES string of the molecule is Cn1nc(-c2cnc3[nH]cc(OC(=O)NC(C)(C)C)c3n2)c2cc(OC(F)F)ccc21. The Morgan fingerprint density at radius 1 is 1.29 bits per heavy atom. The molecule has 3 heterocycles. The van der Waals surface area contributed by atoms with Gasteiger partial charge in [0.2, 0.25) is 0 Å². The number of aryl methyl sites for hydroxylation is 1. The van der Waals surface area contributed by atoms with Gasteiger partial charge in [-0.2, -0.15) is 13.9 Å². The molecule has 0 atom stereocenters. The first-order valence-corrected chi connectivity index (χ1v) is 9.37. The molecule has 0 aliphatic rings. The summed E-state index contributed by atoms with van der Waals surface area (Å²) in [5.41, 5.74) is 1.80. The number of nitrogens with one attached hydrogen (secondary N) is 2. The van der Waals surface area contributed by atoms with E-state index >= 15 is 0 Å². The molecule has 4 rings (SSSR count). The number of halogens is 2. The minimum absolute atomic E-state index is 0.00954. The lowest BCUT2D eigenvalue weighted by Crippen LogP contribution is -2.42. The Hall–Kier alpha value is -3.76. The molecule has 9 nitrogen and oxygen atoms in total. The second kappa shape index (κ2) is 7.49. The van der Waals surface area contributed by atoms with E-state index in [0.29, 0.717) is 33.5 Å². The average Bonchev–Trinajstić information content (AvgIpc) is 3.20. The number of rotatable bonds is 4. The van der Waals surface area contributed by atoms with Crippen molar-refractivity contribution >= 4 is 28.2 Å². The molecular weight excluding hydrogens is 410 g/mol. The van der Waals surface area contributed by atoms with Crippen molar-refractivity contribution in [3.63, 3.8) is 0 Å². The Labute approximate surface area is 175 Å². The zero-order valence-corrected chi connectivity index (χ0v) is 17.2. The van der Waals surface area contributed by atoms with E-state index in [-0.39, 0.29) is 11.5 Å². The van der Waals surface area contributed by atoms with Crippen LogP contribution in [0.25, 0.3) is 33.5 Å². The number of aromatic nitrogens is 5. The van der Waals surface area contributed by atoms with Crippen LogP contribution < -0.4 is 14.8 Å². The highest BCUT2D eigenvalue weighted by Crippen LogP contribution is 2.32. The van der Waals surface area contributed by atoms with Crippen LogP contribution in [-0.4, -0.2) is 43.0 Å². The Kier molecular flexibility index (Phi) is 4.96. The zero-order chi connectivity index (χ0) is 22.3. The van der Waals surface area contributed by atoms with Crippen molar-refractivity contribution in [2.75, 3.05) is 0 Å². The van der Waals surface area contributed by atoms with E-state index in [0.717, 1.165) is 0 Å². The number of fused-ring (bicyclic) bond motifs is 2. The Morgan fingerprint density at radius 3 is 2.77 bits per heavy atom. The van der Waals surface area contributed by atoms with Crippen LogP contribution in [0.3, 0.4) is 0 Å². The predicted molar refractivity (Wildman–Crippen MR) is 109 cm³/mol. The summed E-state index contributed by atoms with van der Waals surface area (Å²) < 4.78 is 36.7. The molecular formula is C20H20F2N6O3. The number of hydrogen-bond donors (Lipinski definition) is 2. The molecule has 0 bridgehead atoms. The summed E-state index contributed by atoms with van der Waals surface area (Å²) in [6.07, 6.45) is 2.36. The van der Waals surface area contributed by atoms with Gasteiger partial charge in [-0.15, -0.1) is 0 Å². The van der Waals surface area contributed by atoms with E-state index in [1.165, 1.54) is 24.5 Å². The van der Waals surface area contributed by atoms with Gasteiger partial charge in [0, 0.05) is 24.2 Å². The number of hydrogen-bond acceptors (Lipinski definition) is 6. The fourth-order valence-corrected chi connectivity index (χ4v) is 3.10. The summed E-state index contributed by atoms with van der Waals surface area (Å²) in [6, 6.07) is 4.55. The third kappa shape index (κ3) is 4.25. The smallest absolute Gasteiger partial charge is 0.413 e. The molecule has 0 aliphatic heterocycles. The quantitative estimate of drug-likeness (QED) is 0.507. The molecule has 0 saturated heterocycles. The zero-order valence-electron chi connectivity index (χ0n) is 17.2. The molecule has 162 valence electrons. The summed E-state index contributed by atoms with van der Waals surface area (Å²) >= 11 is 0. The number of ether oxygens (including phenoxy) is 2. The number of carbonyl (C=O) groups is 1. The van der Waals surface area contributed by atoms with Crippen LogP contribution in [0.15, 0.2) is 30.6 Å². The maximum atomic E-state index is 12.6. The van der Waals surface area contributed by atoms with Gasteiger partial charge >= 0.3 is 12.7 Å². The molecule has 0 saturated carbocycles.